The van der Waals surface area contributed by atoms with Crippen LogP contribution in [0.2, 0.25) is 5.15 Å². The first-order chi connectivity index (χ1) is 12.7. The molecule has 1 saturated heterocycles. The third-order valence-electron chi connectivity index (χ3n) is 4.35. The number of hydrogen-bond donors (Lipinski definition) is 1. The number of pyridine rings is 1. The van der Waals surface area contributed by atoms with Crippen molar-refractivity contribution in [3.63, 3.8) is 0 Å². The molecule has 1 aliphatic rings. The van der Waals surface area contributed by atoms with E-state index in [9.17, 15) is 4.79 Å². The Morgan fingerprint density at radius 1 is 1.38 bits per heavy atom. The predicted octanol–water partition coefficient (Wildman–Crippen LogP) is 3.37. The third-order valence-corrected chi connectivity index (χ3v) is 5.39. The van der Waals surface area contributed by atoms with E-state index in [1.165, 1.54) is 30.3 Å². The molecule has 3 aromatic heterocycles. The van der Waals surface area contributed by atoms with Gasteiger partial charge in [-0.3, -0.25) is 9.20 Å². The Kier molecular flexibility index (Phi) is 4.90. The average molecular weight is 388 g/mol. The molecule has 1 fully saturated rings. The molecule has 0 atom stereocenters. The molecule has 134 valence electrons. The second-order valence-electron chi connectivity index (χ2n) is 6.11. The fraction of sp³-hybridized carbons (Fsp3) is 0.278. The van der Waals surface area contributed by atoms with E-state index in [4.69, 9.17) is 11.6 Å². The Morgan fingerprint density at radius 2 is 2.23 bits per heavy atom. The number of aromatic nitrogens is 3. The van der Waals surface area contributed by atoms with E-state index < -0.39 is 0 Å². The number of anilines is 1. The summed E-state index contributed by atoms with van der Waals surface area (Å²) in [6.45, 7) is 2.56. The van der Waals surface area contributed by atoms with E-state index >= 15 is 0 Å². The molecule has 3 aromatic rings. The molecule has 6 nitrogen and oxygen atoms in total. The number of fused-ring (bicyclic) bond motifs is 1. The smallest absolute Gasteiger partial charge is 0.244 e. The second-order valence-corrected chi connectivity index (χ2v) is 7.34. The van der Waals surface area contributed by atoms with E-state index in [-0.39, 0.29) is 5.91 Å². The average Bonchev–Trinajstić information content (AvgIpc) is 3.37. The lowest BCUT2D eigenvalue weighted by atomic mass is 10.2. The van der Waals surface area contributed by atoms with Crippen LogP contribution in [0.4, 0.5) is 5.82 Å². The Bertz CT molecular complexity index is 958. The van der Waals surface area contributed by atoms with E-state index in [1.807, 2.05) is 28.1 Å². The van der Waals surface area contributed by atoms with Crippen LogP contribution in [0.1, 0.15) is 24.1 Å². The highest BCUT2D eigenvalue weighted by atomic mass is 35.5. The number of carbonyl (C=O) groups excluding carboxylic acids is 1. The van der Waals surface area contributed by atoms with Crippen LogP contribution in [0.5, 0.6) is 0 Å². The van der Waals surface area contributed by atoms with Gasteiger partial charge in [-0.15, -0.1) is 11.3 Å². The van der Waals surface area contributed by atoms with E-state index in [2.05, 4.69) is 20.2 Å². The maximum absolute atomic E-state index is 12.1. The molecule has 0 aromatic carbocycles. The number of nitrogens with one attached hydrogen (secondary N) is 1. The van der Waals surface area contributed by atoms with E-state index in [1.54, 1.807) is 12.3 Å². The third kappa shape index (κ3) is 3.59. The number of hydrogen-bond acceptors (Lipinski definition) is 5. The minimum absolute atomic E-state index is 0.175. The van der Waals surface area contributed by atoms with Gasteiger partial charge in [0.1, 0.15) is 5.82 Å². The highest BCUT2D eigenvalue weighted by Gasteiger charge is 2.13. The lowest BCUT2D eigenvalue weighted by Gasteiger charge is -2.16. The van der Waals surface area contributed by atoms with Gasteiger partial charge in [-0.25, -0.2) is 9.97 Å². The van der Waals surface area contributed by atoms with Gasteiger partial charge < -0.3 is 10.2 Å². The van der Waals surface area contributed by atoms with Crippen LogP contribution in [-0.4, -0.2) is 33.4 Å². The number of carbonyl (C=O) groups is 1. The molecule has 26 heavy (non-hydrogen) atoms. The Balaban J connectivity index is 1.39. The molecule has 8 heteroatoms. The maximum Gasteiger partial charge on any atom is 0.244 e. The largest absolute Gasteiger partial charge is 0.357 e. The van der Waals surface area contributed by atoms with Crippen LogP contribution < -0.4 is 10.2 Å². The van der Waals surface area contributed by atoms with Gasteiger partial charge in [0.2, 0.25) is 5.91 Å². The standard InChI is InChI=1S/C18H18ClN5OS/c19-17-14(24-9-10-26-18(24)22-17)3-4-16(25)21-12-13-5-6-20-15(11-13)23-7-1-2-8-23/h3-6,9-11H,1-2,7-8,12H2,(H,21,25)/b4-3+. The van der Waals surface area contributed by atoms with Gasteiger partial charge in [-0.1, -0.05) is 11.6 Å². The van der Waals surface area contributed by atoms with Crippen LogP contribution in [0.15, 0.2) is 36.0 Å². The number of imidazole rings is 1. The lowest BCUT2D eigenvalue weighted by molar-refractivity contribution is -0.116. The number of rotatable bonds is 5. The molecule has 0 aliphatic carbocycles. The number of amides is 1. The van der Waals surface area contributed by atoms with Crippen molar-refractivity contribution < 1.29 is 4.79 Å². The number of halogens is 1. The Morgan fingerprint density at radius 3 is 3.08 bits per heavy atom. The van der Waals surface area contributed by atoms with Gasteiger partial charge in [-0.2, -0.15) is 0 Å². The zero-order chi connectivity index (χ0) is 17.9. The minimum atomic E-state index is -0.175. The van der Waals surface area contributed by atoms with Crippen LogP contribution in [0, 0.1) is 0 Å². The van der Waals surface area contributed by atoms with Crippen molar-refractivity contribution in [3.05, 3.63) is 52.4 Å². The van der Waals surface area contributed by atoms with Gasteiger partial charge in [0, 0.05) is 43.5 Å². The molecule has 0 saturated carbocycles. The highest BCUT2D eigenvalue weighted by molar-refractivity contribution is 7.15. The zero-order valence-electron chi connectivity index (χ0n) is 14.1. The first-order valence-corrected chi connectivity index (χ1v) is 9.73. The molecule has 0 radical (unpaired) electrons. The van der Waals surface area contributed by atoms with Crippen LogP contribution in [0.25, 0.3) is 11.0 Å². The quantitative estimate of drug-likeness (QED) is 0.682. The molecule has 1 amide bonds. The summed E-state index contributed by atoms with van der Waals surface area (Å²) < 4.78 is 1.86. The first-order valence-electron chi connectivity index (χ1n) is 8.47. The van der Waals surface area contributed by atoms with Crippen LogP contribution in [0.3, 0.4) is 0 Å². The van der Waals surface area contributed by atoms with Crippen molar-refractivity contribution in [2.45, 2.75) is 19.4 Å². The summed E-state index contributed by atoms with van der Waals surface area (Å²) in [6, 6.07) is 3.96. The summed E-state index contributed by atoms with van der Waals surface area (Å²) >= 11 is 7.62. The molecule has 1 N–H and O–H groups in total. The summed E-state index contributed by atoms with van der Waals surface area (Å²) in [7, 11) is 0. The van der Waals surface area contributed by atoms with E-state index in [0.29, 0.717) is 17.4 Å². The second kappa shape index (κ2) is 7.47. The van der Waals surface area contributed by atoms with Gasteiger partial charge in [0.25, 0.3) is 0 Å². The fourth-order valence-corrected chi connectivity index (χ4v) is 4.02. The van der Waals surface area contributed by atoms with E-state index in [0.717, 1.165) is 29.4 Å². The maximum atomic E-state index is 12.1. The molecule has 0 spiro atoms. The molecular formula is C18H18ClN5OS. The molecule has 4 rings (SSSR count). The van der Waals surface area contributed by atoms with Crippen molar-refractivity contribution in [2.24, 2.45) is 0 Å². The monoisotopic (exact) mass is 387 g/mol. The number of thiazole rings is 1. The van der Waals surface area contributed by atoms with Gasteiger partial charge >= 0.3 is 0 Å². The van der Waals surface area contributed by atoms with Crippen molar-refractivity contribution in [2.75, 3.05) is 18.0 Å². The number of nitrogens with zero attached hydrogens (tertiary/aromatic N) is 4. The fourth-order valence-electron chi connectivity index (χ4n) is 3.02. The molecule has 0 bridgehead atoms. The summed E-state index contributed by atoms with van der Waals surface area (Å²) in [4.78, 5) is 23.9. The van der Waals surface area contributed by atoms with Crippen molar-refractivity contribution in [3.8, 4) is 0 Å². The summed E-state index contributed by atoms with van der Waals surface area (Å²) in [6.07, 6.45) is 9.27. The zero-order valence-corrected chi connectivity index (χ0v) is 15.6. The first kappa shape index (κ1) is 17.1. The van der Waals surface area contributed by atoms with Crippen LogP contribution in [-0.2, 0) is 11.3 Å². The Hall–Kier alpha value is -2.38. The normalized spacial score (nSPS) is 14.6. The predicted molar refractivity (Wildman–Crippen MR) is 105 cm³/mol. The topological polar surface area (TPSA) is 62.5 Å². The van der Waals surface area contributed by atoms with Gasteiger partial charge in [0.05, 0.1) is 5.69 Å². The molecular weight excluding hydrogens is 370 g/mol. The molecule has 1 aliphatic heterocycles. The Labute approximate surface area is 160 Å². The van der Waals surface area contributed by atoms with Crippen LogP contribution >= 0.6 is 22.9 Å². The van der Waals surface area contributed by atoms with Gasteiger partial charge in [-0.05, 0) is 36.6 Å². The molecule has 4 heterocycles. The highest BCUT2D eigenvalue weighted by Crippen LogP contribution is 2.22. The van der Waals surface area contributed by atoms with Crippen molar-refractivity contribution >= 4 is 45.7 Å². The lowest BCUT2D eigenvalue weighted by Crippen LogP contribution is -2.22. The summed E-state index contributed by atoms with van der Waals surface area (Å²) in [5.41, 5.74) is 1.74. The van der Waals surface area contributed by atoms with Crippen molar-refractivity contribution in [1.82, 2.24) is 19.7 Å². The van der Waals surface area contributed by atoms with Gasteiger partial charge in [0.15, 0.2) is 10.1 Å². The SMILES string of the molecule is O=C(/C=C/c1c(Cl)nc2sccn12)NCc1ccnc(N2CCCC2)c1. The minimum Gasteiger partial charge on any atom is -0.357 e. The van der Waals surface area contributed by atoms with Crippen molar-refractivity contribution in [1.29, 1.82) is 0 Å². The summed E-state index contributed by atoms with van der Waals surface area (Å²) in [5, 5.41) is 5.22. The molecule has 0 unspecified atom stereocenters. The summed E-state index contributed by atoms with van der Waals surface area (Å²) in [5.74, 6) is 0.807.